The molecule has 9 heteroatoms. The Morgan fingerprint density at radius 2 is 1.74 bits per heavy atom. The molecule has 0 saturated carbocycles. The molecule has 0 amide bonds. The summed E-state index contributed by atoms with van der Waals surface area (Å²) >= 11 is 0. The molecule has 1 aliphatic rings. The zero-order valence-corrected chi connectivity index (χ0v) is 16.8. The third-order valence-corrected chi connectivity index (χ3v) is 5.37. The Hall–Kier alpha value is -3.33. The first-order valence-corrected chi connectivity index (χ1v) is 9.75. The Kier molecular flexibility index (Phi) is 5.22. The number of rotatable bonds is 3. The second-order valence-electron chi connectivity index (χ2n) is 7.79. The average Bonchev–Trinajstić information content (AvgIpc) is 2.68. The van der Waals surface area contributed by atoms with Gasteiger partial charge < -0.3 is 19.9 Å². The fourth-order valence-corrected chi connectivity index (χ4v) is 4.19. The fourth-order valence-electron chi connectivity index (χ4n) is 4.19. The van der Waals surface area contributed by atoms with E-state index in [9.17, 15) is 19.1 Å². The van der Waals surface area contributed by atoms with Crippen LogP contribution in [0.5, 0.6) is 0 Å². The van der Waals surface area contributed by atoms with Crippen LogP contribution >= 0.6 is 0 Å². The van der Waals surface area contributed by atoms with Crippen molar-refractivity contribution in [2.75, 3.05) is 18.0 Å². The highest BCUT2D eigenvalue weighted by Gasteiger charge is 2.29. The predicted octanol–water partition coefficient (Wildman–Crippen LogP) is 3.29. The fraction of sp³-hybridized carbons (Fsp3) is 0.273. The van der Waals surface area contributed by atoms with Crippen molar-refractivity contribution in [3.8, 4) is 5.69 Å². The normalized spacial score (nSPS) is 19.1. The number of aromatic nitrogens is 1. The van der Waals surface area contributed by atoms with E-state index in [0.29, 0.717) is 13.1 Å². The van der Waals surface area contributed by atoms with Crippen LogP contribution in [0.4, 0.5) is 18.9 Å². The van der Waals surface area contributed by atoms with Crippen LogP contribution in [0.1, 0.15) is 24.2 Å². The van der Waals surface area contributed by atoms with Crippen LogP contribution in [0.25, 0.3) is 16.6 Å². The van der Waals surface area contributed by atoms with Crippen LogP contribution in [-0.2, 0) is 0 Å². The third-order valence-electron chi connectivity index (χ3n) is 5.37. The maximum absolute atomic E-state index is 15.8. The Labute approximate surface area is 175 Å². The van der Waals surface area contributed by atoms with Crippen molar-refractivity contribution < 1.29 is 23.1 Å². The third kappa shape index (κ3) is 3.54. The molecule has 0 spiro atoms. The molecule has 2 heterocycles. The van der Waals surface area contributed by atoms with Crippen molar-refractivity contribution in [3.63, 3.8) is 0 Å². The monoisotopic (exact) mass is 431 g/mol. The van der Waals surface area contributed by atoms with Gasteiger partial charge in [0.2, 0.25) is 5.43 Å². The SMILES string of the molecule is CC1CN(c2c(F)cc3c(=O)c(C(=O)O)cn(-c4ccccc4F)c3c2F)CC(C)N1. The van der Waals surface area contributed by atoms with E-state index in [1.807, 2.05) is 13.8 Å². The number of para-hydroxylation sites is 1. The van der Waals surface area contributed by atoms with E-state index in [1.54, 1.807) is 0 Å². The van der Waals surface area contributed by atoms with E-state index in [2.05, 4.69) is 5.32 Å². The number of carboxylic acid groups (broad SMARTS) is 1. The van der Waals surface area contributed by atoms with Gasteiger partial charge in [-0.25, -0.2) is 18.0 Å². The number of fused-ring (bicyclic) bond motifs is 1. The Bertz CT molecular complexity index is 1250. The first-order valence-electron chi connectivity index (χ1n) is 9.75. The van der Waals surface area contributed by atoms with Gasteiger partial charge in [0.05, 0.1) is 16.6 Å². The van der Waals surface area contributed by atoms with E-state index >= 15 is 8.78 Å². The van der Waals surface area contributed by atoms with Gasteiger partial charge in [0, 0.05) is 31.4 Å². The lowest BCUT2D eigenvalue weighted by molar-refractivity contribution is 0.0695. The van der Waals surface area contributed by atoms with Gasteiger partial charge in [-0.3, -0.25) is 4.79 Å². The second kappa shape index (κ2) is 7.73. The number of carbonyl (C=O) groups is 1. The van der Waals surface area contributed by atoms with E-state index in [0.717, 1.165) is 22.9 Å². The first kappa shape index (κ1) is 20.9. The lowest BCUT2D eigenvalue weighted by Crippen LogP contribution is -2.54. The number of aromatic carboxylic acids is 1. The molecule has 2 unspecified atom stereocenters. The topological polar surface area (TPSA) is 74.6 Å². The van der Waals surface area contributed by atoms with Gasteiger partial charge in [0.15, 0.2) is 5.82 Å². The number of halogens is 3. The van der Waals surface area contributed by atoms with Gasteiger partial charge in [0.1, 0.15) is 22.9 Å². The lowest BCUT2D eigenvalue weighted by Gasteiger charge is -2.38. The van der Waals surface area contributed by atoms with Gasteiger partial charge >= 0.3 is 5.97 Å². The van der Waals surface area contributed by atoms with Crippen molar-refractivity contribution in [1.29, 1.82) is 0 Å². The highest BCUT2D eigenvalue weighted by molar-refractivity contribution is 5.94. The molecule has 2 N–H and O–H groups in total. The molecule has 0 aliphatic carbocycles. The minimum atomic E-state index is -1.58. The molecular formula is C22H20F3N3O3. The maximum Gasteiger partial charge on any atom is 0.341 e. The predicted molar refractivity (Wildman–Crippen MR) is 111 cm³/mol. The number of pyridine rings is 1. The standard InChI is InChI=1S/C22H20F3N3O3/c1-11-8-27(9-12(2)26-11)20-16(24)7-13-19(18(20)25)28(10-14(21(13)29)22(30)31)17-6-4-3-5-15(17)23/h3-7,10-12,26H,8-9H2,1-2H3,(H,30,31). The summed E-state index contributed by atoms with van der Waals surface area (Å²) in [4.78, 5) is 25.8. The largest absolute Gasteiger partial charge is 0.477 e. The van der Waals surface area contributed by atoms with Crippen molar-refractivity contribution >= 4 is 22.6 Å². The molecule has 31 heavy (non-hydrogen) atoms. The molecule has 2 aromatic carbocycles. The molecule has 3 aromatic rings. The van der Waals surface area contributed by atoms with Gasteiger partial charge in [-0.2, -0.15) is 0 Å². The minimum absolute atomic E-state index is 0.0404. The van der Waals surface area contributed by atoms with E-state index < -0.39 is 39.8 Å². The molecule has 162 valence electrons. The number of hydrogen-bond donors (Lipinski definition) is 2. The zero-order chi connectivity index (χ0) is 22.4. The summed E-state index contributed by atoms with van der Waals surface area (Å²) in [6.07, 6.45) is 0.874. The molecule has 4 rings (SSSR count). The highest BCUT2D eigenvalue weighted by Crippen LogP contribution is 2.32. The number of anilines is 1. The summed E-state index contributed by atoms with van der Waals surface area (Å²) in [6, 6.07) is 6.11. The Morgan fingerprint density at radius 3 is 2.35 bits per heavy atom. The summed E-state index contributed by atoms with van der Waals surface area (Å²) < 4.78 is 46.4. The lowest BCUT2D eigenvalue weighted by atomic mass is 10.1. The maximum atomic E-state index is 15.8. The van der Waals surface area contributed by atoms with Crippen LogP contribution < -0.4 is 15.6 Å². The van der Waals surface area contributed by atoms with Crippen molar-refractivity contribution in [3.05, 3.63) is 69.8 Å². The van der Waals surface area contributed by atoms with Gasteiger partial charge in [-0.05, 0) is 32.0 Å². The van der Waals surface area contributed by atoms with Crippen LogP contribution in [0.3, 0.4) is 0 Å². The summed E-state index contributed by atoms with van der Waals surface area (Å²) in [6.45, 7) is 4.41. The number of carboxylic acids is 1. The van der Waals surface area contributed by atoms with Crippen LogP contribution in [0.15, 0.2) is 41.3 Å². The van der Waals surface area contributed by atoms with Crippen LogP contribution in [0, 0.1) is 17.5 Å². The number of nitrogens with zero attached hydrogens (tertiary/aromatic N) is 2. The quantitative estimate of drug-likeness (QED) is 0.666. The Balaban J connectivity index is 2.09. The highest BCUT2D eigenvalue weighted by atomic mass is 19.1. The first-order chi connectivity index (χ1) is 14.7. The molecule has 0 bridgehead atoms. The van der Waals surface area contributed by atoms with E-state index in [-0.39, 0.29) is 29.0 Å². The molecule has 1 aliphatic heterocycles. The summed E-state index contributed by atoms with van der Waals surface area (Å²) in [5, 5.41) is 12.2. The Morgan fingerprint density at radius 1 is 1.10 bits per heavy atom. The summed E-state index contributed by atoms with van der Waals surface area (Å²) in [5.41, 5.74) is -2.63. The van der Waals surface area contributed by atoms with Gasteiger partial charge in [-0.1, -0.05) is 12.1 Å². The van der Waals surface area contributed by atoms with Crippen molar-refractivity contribution in [2.24, 2.45) is 0 Å². The number of benzene rings is 2. The molecule has 1 fully saturated rings. The molecular weight excluding hydrogens is 411 g/mol. The molecule has 0 radical (unpaired) electrons. The summed E-state index contributed by atoms with van der Waals surface area (Å²) in [5.74, 6) is -4.36. The van der Waals surface area contributed by atoms with Gasteiger partial charge in [0.25, 0.3) is 0 Å². The number of piperazine rings is 1. The van der Waals surface area contributed by atoms with Crippen LogP contribution in [0.2, 0.25) is 0 Å². The molecule has 2 atom stereocenters. The number of hydrogen-bond acceptors (Lipinski definition) is 4. The molecule has 1 saturated heterocycles. The van der Waals surface area contributed by atoms with Gasteiger partial charge in [-0.15, -0.1) is 0 Å². The molecule has 6 nitrogen and oxygen atoms in total. The van der Waals surface area contributed by atoms with Crippen molar-refractivity contribution in [2.45, 2.75) is 25.9 Å². The number of nitrogens with one attached hydrogen (secondary N) is 1. The smallest absolute Gasteiger partial charge is 0.341 e. The van der Waals surface area contributed by atoms with Crippen LogP contribution in [-0.4, -0.2) is 40.8 Å². The second-order valence-corrected chi connectivity index (χ2v) is 7.79. The summed E-state index contributed by atoms with van der Waals surface area (Å²) in [7, 11) is 0. The zero-order valence-electron chi connectivity index (χ0n) is 16.8. The molecule has 1 aromatic heterocycles. The average molecular weight is 431 g/mol. The minimum Gasteiger partial charge on any atom is -0.477 e. The van der Waals surface area contributed by atoms with Crippen molar-refractivity contribution in [1.82, 2.24) is 9.88 Å². The van der Waals surface area contributed by atoms with E-state index in [4.69, 9.17) is 0 Å². The van der Waals surface area contributed by atoms with E-state index in [1.165, 1.54) is 23.1 Å².